The molecule has 0 aliphatic heterocycles. The molecular formula is C31H45N7O. The summed E-state index contributed by atoms with van der Waals surface area (Å²) in [4.78, 5) is 19.9. The van der Waals surface area contributed by atoms with Crippen LogP contribution in [0.5, 0.6) is 0 Å². The second kappa shape index (κ2) is 16.7. The molecule has 0 heterocycles. The van der Waals surface area contributed by atoms with Crippen LogP contribution in [0.1, 0.15) is 54.0 Å². The fraction of sp³-hybridized carbons (Fsp3) is 0.355. The highest BCUT2D eigenvalue weighted by atomic mass is 16.1. The molecule has 1 aliphatic carbocycles. The van der Waals surface area contributed by atoms with Gasteiger partial charge in [-0.3, -0.25) is 9.79 Å². The SMILES string of the molecule is C=C1C(=C)C(Nc2cccc(CNC(C)(C)C(/C=C(\C)C(=O)C#N)=N\C(C)=C(\C)CN)c2)=C1N.C=NC.CC. The number of hydrogen-bond donors (Lipinski definition) is 4. The summed E-state index contributed by atoms with van der Waals surface area (Å²) in [5.41, 5.74) is 18.8. The average molecular weight is 532 g/mol. The number of benzene rings is 1. The zero-order valence-electron chi connectivity index (χ0n) is 24.8. The Kier molecular flexibility index (Phi) is 15.0. The number of nitrogens with one attached hydrogen (secondary N) is 2. The summed E-state index contributed by atoms with van der Waals surface area (Å²) in [5, 5.41) is 15.8. The van der Waals surface area contributed by atoms with Crippen LogP contribution in [0.4, 0.5) is 5.69 Å². The first-order valence-corrected chi connectivity index (χ1v) is 12.8. The normalized spacial score (nSPS) is 14.1. The van der Waals surface area contributed by atoms with Gasteiger partial charge in [-0.1, -0.05) is 39.1 Å². The van der Waals surface area contributed by atoms with Gasteiger partial charge in [-0.05, 0) is 70.7 Å². The minimum Gasteiger partial charge on any atom is -0.397 e. The number of allylic oxidation sites excluding steroid dienone is 4. The minimum absolute atomic E-state index is 0.328. The Morgan fingerprint density at radius 2 is 1.77 bits per heavy atom. The number of nitriles is 1. The van der Waals surface area contributed by atoms with Gasteiger partial charge in [0.05, 0.1) is 22.6 Å². The number of carbonyl (C=O) groups excluding carboxylic acids is 1. The molecule has 8 nitrogen and oxygen atoms in total. The summed E-state index contributed by atoms with van der Waals surface area (Å²) in [6.07, 6.45) is 1.66. The summed E-state index contributed by atoms with van der Waals surface area (Å²) in [7, 11) is 1.64. The summed E-state index contributed by atoms with van der Waals surface area (Å²) in [5.74, 6) is -0.590. The largest absolute Gasteiger partial charge is 0.397 e. The highest BCUT2D eigenvalue weighted by Crippen LogP contribution is 2.34. The number of rotatable bonds is 10. The Bertz CT molecular complexity index is 1240. The lowest BCUT2D eigenvalue weighted by atomic mass is 9.90. The number of Topliss-reactive ketones (excluding diaryl/α,β-unsaturated/α-hetero) is 1. The number of aliphatic imine (C=N–C) groups is 2. The van der Waals surface area contributed by atoms with Gasteiger partial charge in [-0.15, -0.1) is 0 Å². The summed E-state index contributed by atoms with van der Waals surface area (Å²) in [6.45, 7) is 25.3. The van der Waals surface area contributed by atoms with Gasteiger partial charge < -0.3 is 27.1 Å². The summed E-state index contributed by atoms with van der Waals surface area (Å²) >= 11 is 0. The van der Waals surface area contributed by atoms with E-state index in [1.807, 2.05) is 65.8 Å². The van der Waals surface area contributed by atoms with Crippen LogP contribution in [0.2, 0.25) is 0 Å². The zero-order valence-corrected chi connectivity index (χ0v) is 24.8. The van der Waals surface area contributed by atoms with Crippen LogP contribution in [0, 0.1) is 11.3 Å². The van der Waals surface area contributed by atoms with E-state index in [0.717, 1.165) is 39.4 Å². The first-order valence-electron chi connectivity index (χ1n) is 12.8. The van der Waals surface area contributed by atoms with E-state index < -0.39 is 11.3 Å². The van der Waals surface area contributed by atoms with E-state index in [4.69, 9.17) is 21.7 Å². The molecule has 1 aromatic carbocycles. The number of carbonyl (C=O) groups is 1. The van der Waals surface area contributed by atoms with Gasteiger partial charge in [0.15, 0.2) is 0 Å². The molecule has 1 aliphatic rings. The van der Waals surface area contributed by atoms with Crippen molar-refractivity contribution in [2.75, 3.05) is 18.9 Å². The molecule has 0 amide bonds. The van der Waals surface area contributed by atoms with Gasteiger partial charge in [0.25, 0.3) is 5.78 Å². The molecule has 210 valence electrons. The first-order chi connectivity index (χ1) is 18.3. The number of ketones is 1. The fourth-order valence-electron chi connectivity index (χ4n) is 3.16. The van der Waals surface area contributed by atoms with Crippen molar-refractivity contribution in [2.45, 2.75) is 60.5 Å². The highest BCUT2D eigenvalue weighted by Gasteiger charge is 2.25. The predicted octanol–water partition coefficient (Wildman–Crippen LogP) is 5.34. The van der Waals surface area contributed by atoms with E-state index in [-0.39, 0.29) is 0 Å². The maximum Gasteiger partial charge on any atom is 0.257 e. The standard InChI is InChI=1S/C27H34N6O.C2H5N.C2H6/c1-16(23(34)14-29)11-24(32-20(5)17(2)13-28)27(6,7)31-15-21-9-8-10-22(12-21)33-26-19(4)18(3)25(26)30;1-3-2;1-2/h8-12,31,33H,3-4,13,15,28,30H2,1-2,5-7H3;1H2,2H3;1-2H3/b16-11+,20-17-,32-24-;;. The Hall–Kier alpha value is -4.06. The number of nitrogens with two attached hydrogens (primary N) is 2. The van der Waals surface area contributed by atoms with Crippen LogP contribution in [-0.2, 0) is 11.3 Å². The number of nitrogens with zero attached hydrogens (tertiary/aromatic N) is 3. The van der Waals surface area contributed by atoms with Gasteiger partial charge in [-0.25, -0.2) is 0 Å². The molecule has 0 radical (unpaired) electrons. The third-order valence-corrected chi connectivity index (χ3v) is 5.86. The van der Waals surface area contributed by atoms with Crippen molar-refractivity contribution >= 4 is 23.9 Å². The van der Waals surface area contributed by atoms with Crippen LogP contribution in [0.25, 0.3) is 0 Å². The average Bonchev–Trinajstić information content (AvgIpc) is 2.94. The third-order valence-electron chi connectivity index (χ3n) is 5.86. The van der Waals surface area contributed by atoms with E-state index in [1.54, 1.807) is 26.1 Å². The third kappa shape index (κ3) is 10.3. The molecule has 39 heavy (non-hydrogen) atoms. The summed E-state index contributed by atoms with van der Waals surface area (Å²) in [6, 6.07) is 9.62. The number of hydrogen-bond acceptors (Lipinski definition) is 8. The van der Waals surface area contributed by atoms with Crippen LogP contribution in [0.15, 0.2) is 92.9 Å². The molecule has 0 saturated heterocycles. The minimum atomic E-state index is -0.608. The van der Waals surface area contributed by atoms with Gasteiger partial charge in [0.2, 0.25) is 0 Å². The second-order valence-electron chi connectivity index (χ2n) is 9.20. The summed E-state index contributed by atoms with van der Waals surface area (Å²) < 4.78 is 0. The van der Waals surface area contributed by atoms with Crippen molar-refractivity contribution in [3.8, 4) is 6.07 Å². The van der Waals surface area contributed by atoms with Gasteiger partial charge in [0.1, 0.15) is 6.07 Å². The van der Waals surface area contributed by atoms with Crippen molar-refractivity contribution < 1.29 is 4.79 Å². The van der Waals surface area contributed by atoms with E-state index in [1.165, 1.54) is 0 Å². The van der Waals surface area contributed by atoms with Crippen LogP contribution in [0.3, 0.4) is 0 Å². The molecule has 0 atom stereocenters. The van der Waals surface area contributed by atoms with E-state index in [2.05, 4.69) is 35.5 Å². The molecular weight excluding hydrogens is 486 g/mol. The lowest BCUT2D eigenvalue weighted by Crippen LogP contribution is -2.46. The van der Waals surface area contributed by atoms with Crippen molar-refractivity contribution in [1.29, 1.82) is 5.26 Å². The monoisotopic (exact) mass is 531 g/mol. The van der Waals surface area contributed by atoms with Gasteiger partial charge in [0, 0.05) is 48.2 Å². The fourth-order valence-corrected chi connectivity index (χ4v) is 3.16. The lowest BCUT2D eigenvalue weighted by molar-refractivity contribution is -0.110. The molecule has 2 rings (SSSR count). The van der Waals surface area contributed by atoms with Crippen molar-refractivity contribution in [2.24, 2.45) is 21.5 Å². The molecule has 0 bridgehead atoms. The zero-order chi connectivity index (χ0) is 30.3. The van der Waals surface area contributed by atoms with Crippen molar-refractivity contribution in [3.05, 3.63) is 88.4 Å². The topological polar surface area (TPSA) is 142 Å². The molecule has 6 N–H and O–H groups in total. The maximum absolute atomic E-state index is 11.9. The van der Waals surface area contributed by atoms with Crippen molar-refractivity contribution in [3.63, 3.8) is 0 Å². The van der Waals surface area contributed by atoms with Crippen LogP contribution >= 0.6 is 0 Å². The van der Waals surface area contributed by atoms with E-state index in [0.29, 0.717) is 30.1 Å². The quantitative estimate of drug-likeness (QED) is 0.182. The molecule has 0 aromatic heterocycles. The Labute approximate surface area is 234 Å². The molecule has 0 spiro atoms. The van der Waals surface area contributed by atoms with Crippen LogP contribution in [-0.4, -0.2) is 37.3 Å². The Morgan fingerprint density at radius 3 is 2.28 bits per heavy atom. The molecule has 8 heteroatoms. The molecule has 0 unspecified atom stereocenters. The van der Waals surface area contributed by atoms with Crippen LogP contribution < -0.4 is 22.1 Å². The molecule has 0 saturated carbocycles. The Morgan fingerprint density at radius 1 is 1.18 bits per heavy atom. The van der Waals surface area contributed by atoms with E-state index >= 15 is 0 Å². The van der Waals surface area contributed by atoms with Crippen molar-refractivity contribution in [1.82, 2.24) is 5.32 Å². The molecule has 0 fully saturated rings. The highest BCUT2D eigenvalue weighted by molar-refractivity contribution is 6.13. The molecule has 1 aromatic rings. The lowest BCUT2D eigenvalue weighted by Gasteiger charge is -2.28. The smallest absolute Gasteiger partial charge is 0.257 e. The maximum atomic E-state index is 11.9. The first kappa shape index (κ1) is 34.9. The Balaban J connectivity index is 0.00000269. The predicted molar refractivity (Wildman–Crippen MR) is 167 cm³/mol. The van der Waals surface area contributed by atoms with Gasteiger partial charge >= 0.3 is 0 Å². The van der Waals surface area contributed by atoms with Gasteiger partial charge in [-0.2, -0.15) is 5.26 Å². The second-order valence-corrected chi connectivity index (χ2v) is 9.20. The number of anilines is 1. The van der Waals surface area contributed by atoms with E-state index in [9.17, 15) is 4.79 Å².